The van der Waals surface area contributed by atoms with Crippen molar-refractivity contribution in [2.24, 2.45) is 0 Å². The molecule has 2 aromatic heterocycles. The summed E-state index contributed by atoms with van der Waals surface area (Å²) in [4.78, 5) is 16.0. The average molecular weight is 326 g/mol. The summed E-state index contributed by atoms with van der Waals surface area (Å²) >= 11 is 1.21. The summed E-state index contributed by atoms with van der Waals surface area (Å²) < 4.78 is 5.53. The quantitative estimate of drug-likeness (QED) is 0.701. The van der Waals surface area contributed by atoms with Crippen LogP contribution in [0.4, 0.5) is 0 Å². The Morgan fingerprint density at radius 3 is 2.70 bits per heavy atom. The van der Waals surface area contributed by atoms with Crippen LogP contribution in [0.3, 0.4) is 0 Å². The fourth-order valence-corrected chi connectivity index (χ4v) is 2.43. The maximum Gasteiger partial charge on any atom is 0.277 e. The minimum absolute atomic E-state index is 0.111. The molecule has 116 valence electrons. The molecule has 0 aliphatic rings. The lowest BCUT2D eigenvalue weighted by atomic mass is 10.2. The van der Waals surface area contributed by atoms with Crippen molar-refractivity contribution in [2.75, 3.05) is 5.75 Å². The summed E-state index contributed by atoms with van der Waals surface area (Å²) in [6, 6.07) is 15.1. The van der Waals surface area contributed by atoms with E-state index in [-0.39, 0.29) is 11.7 Å². The van der Waals surface area contributed by atoms with Gasteiger partial charge in [-0.25, -0.2) is 0 Å². The van der Waals surface area contributed by atoms with E-state index in [9.17, 15) is 4.79 Å². The third-order valence-electron chi connectivity index (χ3n) is 2.95. The molecule has 1 N–H and O–H groups in total. The summed E-state index contributed by atoms with van der Waals surface area (Å²) in [5, 5.41) is 11.1. The third kappa shape index (κ3) is 4.40. The van der Waals surface area contributed by atoms with Crippen molar-refractivity contribution in [2.45, 2.75) is 11.8 Å². The number of nitrogens with zero attached hydrogens (tertiary/aromatic N) is 3. The number of thioether (sulfide) groups is 1. The van der Waals surface area contributed by atoms with Crippen LogP contribution in [0.15, 0.2) is 64.4 Å². The molecule has 0 aliphatic carbocycles. The molecule has 2 heterocycles. The number of nitrogens with one attached hydrogen (secondary N) is 1. The standard InChI is InChI=1S/C16H14N4O2S/c21-14(18-10-13-8-4-5-9-17-13)11-23-16-20-19-15(22-16)12-6-2-1-3-7-12/h1-9H,10-11H2,(H,18,21). The number of hydrogen-bond donors (Lipinski definition) is 1. The van der Waals surface area contributed by atoms with Crippen molar-refractivity contribution in [1.29, 1.82) is 0 Å². The monoisotopic (exact) mass is 326 g/mol. The van der Waals surface area contributed by atoms with Crippen LogP contribution in [0.5, 0.6) is 0 Å². The highest BCUT2D eigenvalue weighted by atomic mass is 32.2. The van der Waals surface area contributed by atoms with Gasteiger partial charge < -0.3 is 9.73 Å². The lowest BCUT2D eigenvalue weighted by Crippen LogP contribution is -2.24. The first-order chi connectivity index (χ1) is 11.3. The van der Waals surface area contributed by atoms with Crippen LogP contribution in [0.1, 0.15) is 5.69 Å². The molecule has 23 heavy (non-hydrogen) atoms. The molecular weight excluding hydrogens is 312 g/mol. The first-order valence-corrected chi connectivity index (χ1v) is 7.98. The van der Waals surface area contributed by atoms with Gasteiger partial charge >= 0.3 is 0 Å². The summed E-state index contributed by atoms with van der Waals surface area (Å²) in [5.74, 6) is 0.547. The van der Waals surface area contributed by atoms with E-state index in [2.05, 4.69) is 20.5 Å². The molecule has 7 heteroatoms. The summed E-state index contributed by atoms with van der Waals surface area (Å²) in [6.07, 6.45) is 1.69. The molecule has 0 bridgehead atoms. The van der Waals surface area contributed by atoms with Crippen LogP contribution in [0.25, 0.3) is 11.5 Å². The minimum Gasteiger partial charge on any atom is -0.411 e. The van der Waals surface area contributed by atoms with E-state index in [4.69, 9.17) is 4.42 Å². The van der Waals surface area contributed by atoms with Crippen LogP contribution in [-0.4, -0.2) is 26.8 Å². The molecule has 0 saturated carbocycles. The van der Waals surface area contributed by atoms with E-state index in [0.717, 1.165) is 11.3 Å². The maximum absolute atomic E-state index is 11.8. The Morgan fingerprint density at radius 2 is 1.91 bits per heavy atom. The van der Waals surface area contributed by atoms with E-state index in [1.165, 1.54) is 11.8 Å². The number of aromatic nitrogens is 3. The minimum atomic E-state index is -0.111. The number of carbonyl (C=O) groups excluding carboxylic acids is 1. The number of benzene rings is 1. The molecular formula is C16H14N4O2S. The SMILES string of the molecule is O=C(CSc1nnc(-c2ccccc2)o1)NCc1ccccn1. The van der Waals surface area contributed by atoms with Gasteiger partial charge in [-0.1, -0.05) is 36.0 Å². The van der Waals surface area contributed by atoms with Crippen molar-refractivity contribution in [1.82, 2.24) is 20.5 Å². The van der Waals surface area contributed by atoms with Crippen LogP contribution < -0.4 is 5.32 Å². The number of hydrogen-bond acceptors (Lipinski definition) is 6. The topological polar surface area (TPSA) is 80.9 Å². The summed E-state index contributed by atoms with van der Waals surface area (Å²) in [7, 11) is 0. The van der Waals surface area contributed by atoms with E-state index in [1.807, 2.05) is 48.5 Å². The van der Waals surface area contributed by atoms with E-state index < -0.39 is 0 Å². The van der Waals surface area contributed by atoms with Crippen LogP contribution in [0.2, 0.25) is 0 Å². The molecule has 0 aliphatic heterocycles. The van der Waals surface area contributed by atoms with Gasteiger partial charge in [0.05, 0.1) is 18.0 Å². The molecule has 3 rings (SSSR count). The molecule has 0 spiro atoms. The Labute approximate surface area is 137 Å². The van der Waals surface area contributed by atoms with Gasteiger partial charge in [0.2, 0.25) is 11.8 Å². The number of amides is 1. The van der Waals surface area contributed by atoms with Crippen molar-refractivity contribution >= 4 is 17.7 Å². The lowest BCUT2D eigenvalue weighted by Gasteiger charge is -2.02. The van der Waals surface area contributed by atoms with Crippen molar-refractivity contribution in [3.8, 4) is 11.5 Å². The predicted octanol–water partition coefficient (Wildman–Crippen LogP) is 2.54. The molecule has 1 aromatic carbocycles. The second kappa shape index (κ2) is 7.55. The number of rotatable bonds is 6. The Kier molecular flexibility index (Phi) is 5.00. The van der Waals surface area contributed by atoms with Gasteiger partial charge in [-0.15, -0.1) is 10.2 Å². The average Bonchev–Trinajstić information content (AvgIpc) is 3.09. The Hall–Kier alpha value is -2.67. The molecule has 0 radical (unpaired) electrons. The van der Waals surface area contributed by atoms with Crippen LogP contribution in [-0.2, 0) is 11.3 Å². The van der Waals surface area contributed by atoms with Gasteiger partial charge in [0.1, 0.15) is 0 Å². The van der Waals surface area contributed by atoms with Crippen LogP contribution >= 0.6 is 11.8 Å². The molecule has 0 unspecified atom stereocenters. The fourth-order valence-electron chi connectivity index (χ4n) is 1.84. The van der Waals surface area contributed by atoms with E-state index in [0.29, 0.717) is 17.7 Å². The Balaban J connectivity index is 1.49. The number of carbonyl (C=O) groups is 1. The van der Waals surface area contributed by atoms with Gasteiger partial charge in [0.25, 0.3) is 5.22 Å². The summed E-state index contributed by atoms with van der Waals surface area (Å²) in [6.45, 7) is 0.402. The molecule has 6 nitrogen and oxygen atoms in total. The van der Waals surface area contributed by atoms with Gasteiger partial charge in [-0.05, 0) is 24.3 Å². The normalized spacial score (nSPS) is 10.4. The Bertz CT molecular complexity index is 762. The predicted molar refractivity (Wildman–Crippen MR) is 86.5 cm³/mol. The van der Waals surface area contributed by atoms with E-state index >= 15 is 0 Å². The van der Waals surface area contributed by atoms with Crippen molar-refractivity contribution in [3.05, 3.63) is 60.4 Å². The highest BCUT2D eigenvalue weighted by Crippen LogP contribution is 2.22. The van der Waals surface area contributed by atoms with Gasteiger partial charge in [0, 0.05) is 11.8 Å². The highest BCUT2D eigenvalue weighted by molar-refractivity contribution is 7.99. The molecule has 1 amide bonds. The van der Waals surface area contributed by atoms with Crippen LogP contribution in [0, 0.1) is 0 Å². The maximum atomic E-state index is 11.8. The molecule has 0 fully saturated rings. The van der Waals surface area contributed by atoms with Gasteiger partial charge in [0.15, 0.2) is 0 Å². The van der Waals surface area contributed by atoms with Crippen molar-refractivity contribution in [3.63, 3.8) is 0 Å². The first-order valence-electron chi connectivity index (χ1n) is 6.99. The van der Waals surface area contributed by atoms with Gasteiger partial charge in [-0.3, -0.25) is 9.78 Å². The van der Waals surface area contributed by atoms with Gasteiger partial charge in [-0.2, -0.15) is 0 Å². The molecule has 3 aromatic rings. The second-order valence-electron chi connectivity index (χ2n) is 4.63. The fraction of sp³-hybridized carbons (Fsp3) is 0.125. The lowest BCUT2D eigenvalue weighted by molar-refractivity contribution is -0.118. The van der Waals surface area contributed by atoms with Crippen molar-refractivity contribution < 1.29 is 9.21 Å². The largest absolute Gasteiger partial charge is 0.411 e. The summed E-state index contributed by atoms with van der Waals surface area (Å²) in [5.41, 5.74) is 1.67. The zero-order valence-corrected chi connectivity index (χ0v) is 13.0. The third-order valence-corrected chi connectivity index (χ3v) is 3.77. The zero-order valence-electron chi connectivity index (χ0n) is 12.2. The molecule has 0 saturated heterocycles. The Morgan fingerprint density at radius 1 is 1.09 bits per heavy atom. The highest BCUT2D eigenvalue weighted by Gasteiger charge is 2.10. The molecule has 0 atom stereocenters. The van der Waals surface area contributed by atoms with E-state index in [1.54, 1.807) is 6.20 Å². The first kappa shape index (κ1) is 15.2. The zero-order chi connectivity index (χ0) is 15.9. The smallest absolute Gasteiger partial charge is 0.277 e. The number of pyridine rings is 1. The second-order valence-corrected chi connectivity index (χ2v) is 5.55.